The molecule has 0 spiro atoms. The number of ether oxygens (including phenoxy) is 1. The normalized spacial score (nSPS) is 9.85. The summed E-state index contributed by atoms with van der Waals surface area (Å²) in [6, 6.07) is 11.1. The number of pyridine rings is 1. The van der Waals surface area contributed by atoms with Gasteiger partial charge in [0.1, 0.15) is 5.75 Å². The summed E-state index contributed by atoms with van der Waals surface area (Å²) in [7, 11) is 1.64. The summed E-state index contributed by atoms with van der Waals surface area (Å²) in [5.74, 6) is 0.831. The van der Waals surface area contributed by atoms with Crippen LogP contribution in [0.5, 0.6) is 5.75 Å². The van der Waals surface area contributed by atoms with Crippen LogP contribution in [0.2, 0.25) is 0 Å². The lowest BCUT2D eigenvalue weighted by atomic mass is 10.1. The van der Waals surface area contributed by atoms with Crippen LogP contribution in [0.1, 0.15) is 5.56 Å². The average molecular weight is 271 g/mol. The Labute approximate surface area is 118 Å². The van der Waals surface area contributed by atoms with Crippen molar-refractivity contribution in [1.82, 2.24) is 10.3 Å². The van der Waals surface area contributed by atoms with Gasteiger partial charge in [-0.3, -0.25) is 4.98 Å². The van der Waals surface area contributed by atoms with Crippen molar-refractivity contribution < 1.29 is 9.53 Å². The van der Waals surface area contributed by atoms with E-state index in [9.17, 15) is 4.79 Å². The predicted molar refractivity (Wildman–Crippen MR) is 78.0 cm³/mol. The van der Waals surface area contributed by atoms with Gasteiger partial charge in [0.15, 0.2) is 0 Å². The van der Waals surface area contributed by atoms with Gasteiger partial charge in [-0.2, -0.15) is 0 Å². The summed E-state index contributed by atoms with van der Waals surface area (Å²) >= 11 is 0. The fourth-order valence-electron chi connectivity index (χ4n) is 1.72. The van der Waals surface area contributed by atoms with Gasteiger partial charge in [-0.1, -0.05) is 12.1 Å². The van der Waals surface area contributed by atoms with E-state index in [-0.39, 0.29) is 6.03 Å². The Bertz CT molecular complexity index is 541. The molecule has 20 heavy (non-hydrogen) atoms. The lowest BCUT2D eigenvalue weighted by Gasteiger charge is -2.07. The molecule has 2 N–H and O–H groups in total. The first-order valence-corrected chi connectivity index (χ1v) is 6.36. The van der Waals surface area contributed by atoms with Crippen molar-refractivity contribution in [3.8, 4) is 5.75 Å². The second kappa shape index (κ2) is 7.13. The number of carbonyl (C=O) groups is 1. The molecule has 0 aliphatic heterocycles. The van der Waals surface area contributed by atoms with Crippen molar-refractivity contribution in [3.05, 3.63) is 54.4 Å². The quantitative estimate of drug-likeness (QED) is 0.878. The summed E-state index contributed by atoms with van der Waals surface area (Å²) in [4.78, 5) is 15.5. The first-order valence-electron chi connectivity index (χ1n) is 6.36. The van der Waals surface area contributed by atoms with Crippen LogP contribution >= 0.6 is 0 Å². The molecule has 5 nitrogen and oxygen atoms in total. The highest BCUT2D eigenvalue weighted by Crippen LogP contribution is 2.11. The van der Waals surface area contributed by atoms with Gasteiger partial charge in [-0.25, -0.2) is 4.79 Å². The summed E-state index contributed by atoms with van der Waals surface area (Å²) in [5, 5.41) is 5.54. The van der Waals surface area contributed by atoms with Crippen LogP contribution in [-0.4, -0.2) is 24.7 Å². The summed E-state index contributed by atoms with van der Waals surface area (Å²) in [6.45, 7) is 0.573. The Morgan fingerprint density at radius 3 is 2.50 bits per heavy atom. The molecule has 0 radical (unpaired) electrons. The fraction of sp³-hybridized carbons (Fsp3) is 0.200. The average Bonchev–Trinajstić information content (AvgIpc) is 2.49. The standard InChI is InChI=1S/C15H17N3O2/c1-20-14-4-2-12(3-5-14)6-11-17-15(19)18-13-7-9-16-10-8-13/h2-5,7-10H,6,11H2,1H3,(H2,16,17,18,19). The third kappa shape index (κ3) is 4.28. The van der Waals surface area contributed by atoms with Crippen molar-refractivity contribution in [2.24, 2.45) is 0 Å². The minimum absolute atomic E-state index is 0.218. The number of nitrogens with zero attached hydrogens (tertiary/aromatic N) is 1. The highest BCUT2D eigenvalue weighted by molar-refractivity contribution is 5.89. The Kier molecular flexibility index (Phi) is 4.94. The second-order valence-corrected chi connectivity index (χ2v) is 4.21. The van der Waals surface area contributed by atoms with E-state index in [1.165, 1.54) is 0 Å². The monoisotopic (exact) mass is 271 g/mol. The van der Waals surface area contributed by atoms with E-state index in [0.29, 0.717) is 6.54 Å². The van der Waals surface area contributed by atoms with Crippen LogP contribution in [0, 0.1) is 0 Å². The maximum absolute atomic E-state index is 11.6. The van der Waals surface area contributed by atoms with Gasteiger partial charge in [-0.05, 0) is 36.2 Å². The third-order valence-electron chi connectivity index (χ3n) is 2.80. The van der Waals surface area contributed by atoms with Crippen molar-refractivity contribution in [3.63, 3.8) is 0 Å². The molecule has 1 aromatic heterocycles. The molecule has 0 saturated carbocycles. The number of nitrogens with one attached hydrogen (secondary N) is 2. The van der Waals surface area contributed by atoms with E-state index in [2.05, 4.69) is 15.6 Å². The summed E-state index contributed by atoms with van der Waals surface area (Å²) < 4.78 is 5.09. The molecule has 104 valence electrons. The van der Waals surface area contributed by atoms with E-state index >= 15 is 0 Å². The SMILES string of the molecule is COc1ccc(CCNC(=O)Nc2ccncc2)cc1. The molecule has 2 rings (SSSR count). The number of hydrogen-bond donors (Lipinski definition) is 2. The van der Waals surface area contributed by atoms with Crippen LogP contribution in [0.4, 0.5) is 10.5 Å². The number of hydrogen-bond acceptors (Lipinski definition) is 3. The Morgan fingerprint density at radius 2 is 1.85 bits per heavy atom. The molecule has 2 amide bonds. The maximum atomic E-state index is 11.6. The highest BCUT2D eigenvalue weighted by Gasteiger charge is 2.01. The van der Waals surface area contributed by atoms with Gasteiger partial charge in [0.25, 0.3) is 0 Å². The van der Waals surface area contributed by atoms with Crippen molar-refractivity contribution in [2.75, 3.05) is 19.0 Å². The smallest absolute Gasteiger partial charge is 0.319 e. The van der Waals surface area contributed by atoms with E-state index in [1.54, 1.807) is 31.6 Å². The maximum Gasteiger partial charge on any atom is 0.319 e. The van der Waals surface area contributed by atoms with Gasteiger partial charge in [0, 0.05) is 24.6 Å². The summed E-state index contributed by atoms with van der Waals surface area (Å²) in [5.41, 5.74) is 1.87. The van der Waals surface area contributed by atoms with Gasteiger partial charge in [0.05, 0.1) is 7.11 Å². The van der Waals surface area contributed by atoms with Crippen LogP contribution < -0.4 is 15.4 Å². The minimum atomic E-state index is -0.218. The lowest BCUT2D eigenvalue weighted by Crippen LogP contribution is -2.30. The molecule has 0 saturated heterocycles. The van der Waals surface area contributed by atoms with E-state index < -0.39 is 0 Å². The van der Waals surface area contributed by atoms with E-state index in [4.69, 9.17) is 4.74 Å². The van der Waals surface area contributed by atoms with Crippen molar-refractivity contribution >= 4 is 11.7 Å². The largest absolute Gasteiger partial charge is 0.497 e. The molecule has 0 unspecified atom stereocenters. The molecule has 1 heterocycles. The second-order valence-electron chi connectivity index (χ2n) is 4.21. The number of methoxy groups -OCH3 is 1. The Hall–Kier alpha value is -2.56. The third-order valence-corrected chi connectivity index (χ3v) is 2.80. The van der Waals surface area contributed by atoms with Crippen molar-refractivity contribution in [1.29, 1.82) is 0 Å². The molecule has 5 heteroatoms. The predicted octanol–water partition coefficient (Wildman–Crippen LogP) is 2.45. The number of urea groups is 1. The summed E-state index contributed by atoms with van der Waals surface area (Å²) in [6.07, 6.45) is 4.04. The molecule has 0 atom stereocenters. The molecular formula is C15H17N3O2. The van der Waals surface area contributed by atoms with E-state index in [1.807, 2.05) is 24.3 Å². The lowest BCUT2D eigenvalue weighted by molar-refractivity contribution is 0.252. The topological polar surface area (TPSA) is 63.2 Å². The zero-order chi connectivity index (χ0) is 14.2. The highest BCUT2D eigenvalue weighted by atomic mass is 16.5. The molecule has 1 aromatic carbocycles. The molecule has 0 aliphatic carbocycles. The van der Waals surface area contributed by atoms with E-state index in [0.717, 1.165) is 23.4 Å². The first kappa shape index (κ1) is 13.9. The van der Waals surface area contributed by atoms with Gasteiger partial charge in [-0.15, -0.1) is 0 Å². The Morgan fingerprint density at radius 1 is 1.15 bits per heavy atom. The van der Waals surface area contributed by atoms with Crippen LogP contribution in [0.25, 0.3) is 0 Å². The number of carbonyl (C=O) groups excluding carboxylic acids is 1. The molecule has 2 aromatic rings. The zero-order valence-electron chi connectivity index (χ0n) is 11.3. The molecule has 0 bridgehead atoms. The molecule has 0 fully saturated rings. The Balaban J connectivity index is 1.73. The van der Waals surface area contributed by atoms with Crippen LogP contribution in [-0.2, 0) is 6.42 Å². The van der Waals surface area contributed by atoms with Gasteiger partial charge >= 0.3 is 6.03 Å². The van der Waals surface area contributed by atoms with Crippen molar-refractivity contribution in [2.45, 2.75) is 6.42 Å². The number of rotatable bonds is 5. The van der Waals surface area contributed by atoms with Gasteiger partial charge in [0.2, 0.25) is 0 Å². The minimum Gasteiger partial charge on any atom is -0.497 e. The number of aromatic nitrogens is 1. The van der Waals surface area contributed by atoms with Gasteiger partial charge < -0.3 is 15.4 Å². The number of anilines is 1. The zero-order valence-corrected chi connectivity index (χ0v) is 11.3. The number of amides is 2. The van der Waals surface area contributed by atoms with Crippen LogP contribution in [0.15, 0.2) is 48.8 Å². The van der Waals surface area contributed by atoms with Crippen LogP contribution in [0.3, 0.4) is 0 Å². The fourth-order valence-corrected chi connectivity index (χ4v) is 1.72. The number of benzene rings is 1. The molecule has 0 aliphatic rings. The molecular weight excluding hydrogens is 254 g/mol. The first-order chi connectivity index (χ1) is 9.78.